The van der Waals surface area contributed by atoms with Gasteiger partial charge in [-0.05, 0) is 6.92 Å². The van der Waals surface area contributed by atoms with E-state index >= 15 is 0 Å². The van der Waals surface area contributed by atoms with E-state index < -0.39 is 38.1 Å². The Balaban J connectivity index is 2.91. The molecule has 1 N–H and O–H groups in total. The number of sulfonamides is 1. The van der Waals surface area contributed by atoms with Crippen LogP contribution >= 0.6 is 0 Å². The molecule has 2 rings (SSSR count). The van der Waals surface area contributed by atoms with Gasteiger partial charge in [0.2, 0.25) is 0 Å². The van der Waals surface area contributed by atoms with Gasteiger partial charge in [0, 0.05) is 12.6 Å². The Morgan fingerprint density at radius 2 is 2.00 bits per heavy atom. The predicted octanol–water partition coefficient (Wildman–Crippen LogP) is 1.32. The van der Waals surface area contributed by atoms with E-state index in [0.29, 0.717) is 10.4 Å². The van der Waals surface area contributed by atoms with Gasteiger partial charge in [0.25, 0.3) is 10.0 Å². The maximum absolute atomic E-state index is 13.6. The molecule has 0 amide bonds. The normalized spacial score (nSPS) is 16.9. The van der Waals surface area contributed by atoms with E-state index in [-0.39, 0.29) is 12.1 Å². The van der Waals surface area contributed by atoms with Crippen molar-refractivity contribution >= 4 is 15.9 Å². The topological polar surface area (TPSA) is 70.5 Å². The fourth-order valence-electron chi connectivity index (χ4n) is 1.93. The fraction of sp³-hybridized carbons (Fsp3) is 0.300. The molecule has 5 nitrogen and oxygen atoms in total. The highest BCUT2D eigenvalue weighted by atomic mass is 32.2. The highest BCUT2D eigenvalue weighted by molar-refractivity contribution is 7.90. The number of methoxy groups -OCH3 is 1. The number of hydrogen-bond acceptors (Lipinski definition) is 4. The van der Waals surface area contributed by atoms with Crippen molar-refractivity contribution in [1.82, 2.24) is 4.31 Å². The van der Waals surface area contributed by atoms with Crippen molar-refractivity contribution in [2.45, 2.75) is 11.8 Å². The summed E-state index contributed by atoms with van der Waals surface area (Å²) in [7, 11) is -3.01. The van der Waals surface area contributed by atoms with Gasteiger partial charge in [0.1, 0.15) is 16.5 Å². The average Bonchev–Trinajstić information content (AvgIpc) is 2.47. The van der Waals surface area contributed by atoms with Crippen LogP contribution in [0.25, 0.3) is 0 Å². The second-order valence-corrected chi connectivity index (χ2v) is 5.40. The largest absolute Gasteiger partial charge is 0.493 e. The quantitative estimate of drug-likeness (QED) is 0.885. The molecule has 0 radical (unpaired) electrons. The summed E-state index contributed by atoms with van der Waals surface area (Å²) in [6.07, 6.45) is 0. The van der Waals surface area contributed by atoms with Crippen molar-refractivity contribution in [2.75, 3.05) is 13.7 Å². The van der Waals surface area contributed by atoms with E-state index in [1.54, 1.807) is 0 Å². The van der Waals surface area contributed by atoms with Crippen LogP contribution < -0.4 is 4.74 Å². The number of amidine groups is 1. The van der Waals surface area contributed by atoms with Crippen LogP contribution in [0.4, 0.5) is 8.78 Å². The zero-order chi connectivity index (χ0) is 13.7. The Bertz CT molecular complexity index is 643. The smallest absolute Gasteiger partial charge is 0.269 e. The van der Waals surface area contributed by atoms with Gasteiger partial charge < -0.3 is 4.74 Å². The summed E-state index contributed by atoms with van der Waals surface area (Å²) >= 11 is 0. The first-order valence-corrected chi connectivity index (χ1v) is 6.47. The second kappa shape index (κ2) is 3.91. The highest BCUT2D eigenvalue weighted by Gasteiger charge is 2.43. The van der Waals surface area contributed by atoms with Crippen LogP contribution in [0.1, 0.15) is 12.5 Å². The van der Waals surface area contributed by atoms with Crippen molar-refractivity contribution in [2.24, 2.45) is 0 Å². The zero-order valence-electron chi connectivity index (χ0n) is 9.62. The van der Waals surface area contributed by atoms with Gasteiger partial charge >= 0.3 is 0 Å². The Kier molecular flexibility index (Phi) is 2.77. The van der Waals surface area contributed by atoms with Crippen LogP contribution in [0, 0.1) is 17.0 Å². The van der Waals surface area contributed by atoms with E-state index in [1.807, 2.05) is 0 Å². The Morgan fingerprint density at radius 1 is 1.39 bits per heavy atom. The third-order valence-electron chi connectivity index (χ3n) is 2.67. The standard InChI is InChI=1S/C10H10F2N2O3S/c1-3-14-10(13)7-8(17-2)5(11)4-6(12)9(7)18(14,15)16/h4,13H,3H2,1-2H3. The van der Waals surface area contributed by atoms with E-state index in [9.17, 15) is 17.2 Å². The molecule has 0 unspecified atom stereocenters. The summed E-state index contributed by atoms with van der Waals surface area (Å²) in [6, 6.07) is 0.446. The molecule has 0 atom stereocenters. The summed E-state index contributed by atoms with van der Waals surface area (Å²) in [5.41, 5.74) is -0.364. The molecule has 0 fully saturated rings. The van der Waals surface area contributed by atoms with Crippen LogP contribution in [-0.2, 0) is 10.0 Å². The summed E-state index contributed by atoms with van der Waals surface area (Å²) in [5, 5.41) is 7.71. The molecule has 8 heteroatoms. The molecule has 98 valence electrons. The minimum atomic E-state index is -4.14. The van der Waals surface area contributed by atoms with Crippen molar-refractivity contribution < 1.29 is 21.9 Å². The van der Waals surface area contributed by atoms with Gasteiger partial charge in [0.05, 0.1) is 12.7 Å². The number of benzene rings is 1. The minimum absolute atomic E-state index is 0.0416. The van der Waals surface area contributed by atoms with Crippen LogP contribution in [0.2, 0.25) is 0 Å². The molecule has 1 heterocycles. The van der Waals surface area contributed by atoms with Gasteiger partial charge in [-0.1, -0.05) is 0 Å². The average molecular weight is 276 g/mol. The molecule has 1 aliphatic heterocycles. The van der Waals surface area contributed by atoms with Crippen molar-refractivity contribution in [3.8, 4) is 5.75 Å². The first-order chi connectivity index (χ1) is 8.36. The van der Waals surface area contributed by atoms with Gasteiger partial charge in [-0.15, -0.1) is 0 Å². The molecule has 0 aliphatic carbocycles. The van der Waals surface area contributed by atoms with E-state index in [0.717, 1.165) is 7.11 Å². The molecule has 0 saturated carbocycles. The van der Waals surface area contributed by atoms with Gasteiger partial charge in [-0.3, -0.25) is 5.41 Å². The summed E-state index contributed by atoms with van der Waals surface area (Å²) in [5.74, 6) is -3.17. The molecule has 0 spiro atoms. The van der Waals surface area contributed by atoms with Crippen molar-refractivity contribution in [3.63, 3.8) is 0 Å². The van der Waals surface area contributed by atoms with Crippen LogP contribution in [0.5, 0.6) is 5.75 Å². The number of hydrogen-bond donors (Lipinski definition) is 1. The molecule has 18 heavy (non-hydrogen) atoms. The van der Waals surface area contributed by atoms with Crippen LogP contribution in [0.15, 0.2) is 11.0 Å². The third-order valence-corrected chi connectivity index (χ3v) is 4.60. The monoisotopic (exact) mass is 276 g/mol. The molecule has 1 aliphatic rings. The van der Waals surface area contributed by atoms with E-state index in [4.69, 9.17) is 10.1 Å². The summed E-state index contributed by atoms with van der Waals surface area (Å²) in [4.78, 5) is -0.701. The van der Waals surface area contributed by atoms with Gasteiger partial charge in [0.15, 0.2) is 11.6 Å². The van der Waals surface area contributed by atoms with E-state index in [2.05, 4.69) is 0 Å². The fourth-order valence-corrected chi connectivity index (χ4v) is 3.58. The van der Waals surface area contributed by atoms with Crippen LogP contribution in [0.3, 0.4) is 0 Å². The molecule has 0 saturated heterocycles. The lowest BCUT2D eigenvalue weighted by Crippen LogP contribution is -2.29. The zero-order valence-corrected chi connectivity index (χ0v) is 10.4. The number of fused-ring (bicyclic) bond motifs is 1. The number of rotatable bonds is 2. The molecular formula is C10H10F2N2O3S. The second-order valence-electron chi connectivity index (χ2n) is 3.60. The highest BCUT2D eigenvalue weighted by Crippen LogP contribution is 2.39. The molecule has 0 aromatic heterocycles. The lowest BCUT2D eigenvalue weighted by molar-refractivity contribution is 0.380. The predicted molar refractivity (Wildman–Crippen MR) is 59.3 cm³/mol. The Hall–Kier alpha value is -1.70. The van der Waals surface area contributed by atoms with E-state index in [1.165, 1.54) is 6.92 Å². The minimum Gasteiger partial charge on any atom is -0.493 e. The molecule has 1 aromatic carbocycles. The Labute approximate surface area is 103 Å². The summed E-state index contributed by atoms with van der Waals surface area (Å²) < 4.78 is 56.5. The number of nitrogens with one attached hydrogen (secondary N) is 1. The number of halogens is 2. The molecule has 0 bridgehead atoms. The Morgan fingerprint density at radius 3 is 2.50 bits per heavy atom. The summed E-state index contributed by atoms with van der Waals surface area (Å²) in [6.45, 7) is 1.46. The SMILES string of the molecule is CCN1C(=N)c2c(OC)c(F)cc(F)c2S1(=O)=O. The van der Waals surface area contributed by atoms with Crippen LogP contribution in [-0.4, -0.2) is 32.2 Å². The maximum Gasteiger partial charge on any atom is 0.269 e. The molecular weight excluding hydrogens is 266 g/mol. The first-order valence-electron chi connectivity index (χ1n) is 5.03. The number of nitrogens with zero attached hydrogens (tertiary/aromatic N) is 1. The lowest BCUT2D eigenvalue weighted by atomic mass is 10.1. The van der Waals surface area contributed by atoms with Crippen molar-refractivity contribution in [3.05, 3.63) is 23.3 Å². The lowest BCUT2D eigenvalue weighted by Gasteiger charge is -2.13. The molecule has 1 aromatic rings. The first kappa shape index (κ1) is 12.7. The third kappa shape index (κ3) is 1.41. The van der Waals surface area contributed by atoms with Gasteiger partial charge in [-0.25, -0.2) is 21.5 Å². The van der Waals surface area contributed by atoms with Crippen molar-refractivity contribution in [1.29, 1.82) is 5.41 Å². The number of ether oxygens (including phenoxy) is 1. The maximum atomic E-state index is 13.6. The van der Waals surface area contributed by atoms with Gasteiger partial charge in [-0.2, -0.15) is 0 Å².